The third-order valence-electron chi connectivity index (χ3n) is 3.58. The van der Waals surface area contributed by atoms with E-state index < -0.39 is 6.10 Å². The number of morpholine rings is 1. The molecule has 2 heterocycles. The highest BCUT2D eigenvalue weighted by Crippen LogP contribution is 2.18. The number of carbonyl (C=O) groups excluding carboxylic acids is 1. The van der Waals surface area contributed by atoms with Crippen molar-refractivity contribution in [1.82, 2.24) is 10.2 Å². The molecular weight excluding hydrogens is 246 g/mol. The molecule has 3 atom stereocenters. The maximum atomic E-state index is 12.5. The Morgan fingerprint density at radius 2 is 2.37 bits per heavy atom. The van der Waals surface area contributed by atoms with Crippen LogP contribution in [-0.2, 0) is 14.3 Å². The minimum atomic E-state index is -0.498. The highest BCUT2D eigenvalue weighted by molar-refractivity contribution is 5.80. The summed E-state index contributed by atoms with van der Waals surface area (Å²) in [5.74, 6) is -0.0568. The van der Waals surface area contributed by atoms with Crippen LogP contribution in [0.25, 0.3) is 0 Å². The standard InChI is InChI=1S/C13H21N3O3/c1-2-3-15-12-9-18-8-11(12)13(17)16-4-5-19-10(6-14)7-16/h10-12,15H,2-5,7-9H2,1H3. The van der Waals surface area contributed by atoms with Gasteiger partial charge in [-0.2, -0.15) is 5.26 Å². The van der Waals surface area contributed by atoms with Gasteiger partial charge in [0.25, 0.3) is 0 Å². The summed E-state index contributed by atoms with van der Waals surface area (Å²) in [6.45, 7) is 5.41. The quantitative estimate of drug-likeness (QED) is 0.760. The molecule has 0 aromatic carbocycles. The summed E-state index contributed by atoms with van der Waals surface area (Å²) < 4.78 is 10.7. The van der Waals surface area contributed by atoms with Gasteiger partial charge >= 0.3 is 0 Å². The van der Waals surface area contributed by atoms with Crippen LogP contribution in [0.1, 0.15) is 13.3 Å². The topological polar surface area (TPSA) is 74.6 Å². The summed E-state index contributed by atoms with van der Waals surface area (Å²) in [7, 11) is 0. The van der Waals surface area contributed by atoms with E-state index in [1.165, 1.54) is 0 Å². The Hall–Kier alpha value is -1.16. The van der Waals surface area contributed by atoms with Crippen LogP contribution < -0.4 is 5.32 Å². The van der Waals surface area contributed by atoms with Gasteiger partial charge in [0, 0.05) is 12.6 Å². The molecule has 0 aromatic rings. The van der Waals surface area contributed by atoms with Gasteiger partial charge in [-0.1, -0.05) is 6.92 Å². The van der Waals surface area contributed by atoms with Crippen LogP contribution in [0, 0.1) is 17.2 Å². The number of nitrogens with zero attached hydrogens (tertiary/aromatic N) is 2. The summed E-state index contributed by atoms with van der Waals surface area (Å²) in [5.41, 5.74) is 0. The van der Waals surface area contributed by atoms with Gasteiger partial charge in [0.05, 0.1) is 38.4 Å². The predicted molar refractivity (Wildman–Crippen MR) is 68.3 cm³/mol. The molecule has 2 saturated heterocycles. The molecule has 106 valence electrons. The molecular formula is C13H21N3O3. The molecule has 1 amide bonds. The van der Waals surface area contributed by atoms with Crippen LogP contribution in [-0.4, -0.2) is 62.4 Å². The molecule has 3 unspecified atom stereocenters. The average molecular weight is 267 g/mol. The largest absolute Gasteiger partial charge is 0.379 e. The third kappa shape index (κ3) is 3.44. The highest BCUT2D eigenvalue weighted by Gasteiger charge is 2.37. The van der Waals surface area contributed by atoms with Crippen molar-refractivity contribution >= 4 is 5.91 Å². The number of carbonyl (C=O) groups is 1. The van der Waals surface area contributed by atoms with Crippen molar-refractivity contribution in [3.05, 3.63) is 0 Å². The minimum absolute atomic E-state index is 0.0784. The lowest BCUT2D eigenvalue weighted by atomic mass is 10.0. The molecule has 0 radical (unpaired) electrons. The molecule has 19 heavy (non-hydrogen) atoms. The zero-order valence-electron chi connectivity index (χ0n) is 11.3. The monoisotopic (exact) mass is 267 g/mol. The molecule has 2 fully saturated rings. The first-order chi connectivity index (χ1) is 9.26. The van der Waals surface area contributed by atoms with Crippen LogP contribution >= 0.6 is 0 Å². The molecule has 0 aromatic heterocycles. The lowest BCUT2D eigenvalue weighted by molar-refractivity contribution is -0.141. The van der Waals surface area contributed by atoms with Crippen molar-refractivity contribution in [2.75, 3.05) is 39.5 Å². The van der Waals surface area contributed by atoms with Gasteiger partial charge < -0.3 is 19.7 Å². The predicted octanol–water partition coefficient (Wildman–Crippen LogP) is -0.248. The summed E-state index contributed by atoms with van der Waals surface area (Å²) >= 11 is 0. The van der Waals surface area contributed by atoms with Crippen LogP contribution in [0.2, 0.25) is 0 Å². The van der Waals surface area contributed by atoms with Gasteiger partial charge in [0.1, 0.15) is 0 Å². The van der Waals surface area contributed by atoms with E-state index in [4.69, 9.17) is 14.7 Å². The van der Waals surface area contributed by atoms with Crippen molar-refractivity contribution < 1.29 is 14.3 Å². The van der Waals surface area contributed by atoms with Crippen LogP contribution in [0.3, 0.4) is 0 Å². The molecule has 0 aliphatic carbocycles. The van der Waals surface area contributed by atoms with Crippen molar-refractivity contribution in [3.63, 3.8) is 0 Å². The fraction of sp³-hybridized carbons (Fsp3) is 0.846. The van der Waals surface area contributed by atoms with Gasteiger partial charge in [-0.3, -0.25) is 4.79 Å². The van der Waals surface area contributed by atoms with Gasteiger partial charge in [-0.05, 0) is 13.0 Å². The van der Waals surface area contributed by atoms with Crippen LogP contribution in [0.5, 0.6) is 0 Å². The molecule has 2 aliphatic heterocycles. The average Bonchev–Trinajstić information content (AvgIpc) is 2.92. The smallest absolute Gasteiger partial charge is 0.229 e. The minimum Gasteiger partial charge on any atom is -0.379 e. The van der Waals surface area contributed by atoms with Crippen molar-refractivity contribution in [3.8, 4) is 6.07 Å². The molecule has 6 heteroatoms. The number of rotatable bonds is 4. The molecule has 6 nitrogen and oxygen atoms in total. The maximum Gasteiger partial charge on any atom is 0.229 e. The molecule has 2 rings (SSSR count). The Morgan fingerprint density at radius 3 is 3.11 bits per heavy atom. The van der Waals surface area contributed by atoms with E-state index in [0.29, 0.717) is 32.9 Å². The number of ether oxygens (including phenoxy) is 2. The van der Waals surface area contributed by atoms with Crippen LogP contribution in [0.15, 0.2) is 0 Å². The molecule has 0 saturated carbocycles. The Balaban J connectivity index is 1.92. The Labute approximate surface area is 113 Å². The fourth-order valence-electron chi connectivity index (χ4n) is 2.49. The first kappa shape index (κ1) is 14.3. The second kappa shape index (κ2) is 6.85. The first-order valence-corrected chi connectivity index (χ1v) is 6.87. The zero-order chi connectivity index (χ0) is 13.7. The first-order valence-electron chi connectivity index (χ1n) is 6.87. The molecule has 0 spiro atoms. The molecule has 1 N–H and O–H groups in total. The van der Waals surface area contributed by atoms with E-state index >= 15 is 0 Å². The normalized spacial score (nSPS) is 31.2. The highest BCUT2D eigenvalue weighted by atomic mass is 16.5. The van der Waals surface area contributed by atoms with E-state index in [9.17, 15) is 4.79 Å². The van der Waals surface area contributed by atoms with Gasteiger partial charge in [-0.15, -0.1) is 0 Å². The summed E-state index contributed by atoms with van der Waals surface area (Å²) in [5, 5.41) is 12.2. The van der Waals surface area contributed by atoms with Crippen molar-refractivity contribution in [1.29, 1.82) is 5.26 Å². The van der Waals surface area contributed by atoms with E-state index in [2.05, 4.69) is 18.3 Å². The van der Waals surface area contributed by atoms with E-state index in [1.54, 1.807) is 4.90 Å². The summed E-state index contributed by atoms with van der Waals surface area (Å²) in [6.07, 6.45) is 0.535. The number of nitriles is 1. The second-order valence-electron chi connectivity index (χ2n) is 4.98. The van der Waals surface area contributed by atoms with Gasteiger partial charge in [-0.25, -0.2) is 0 Å². The van der Waals surface area contributed by atoms with Crippen molar-refractivity contribution in [2.45, 2.75) is 25.5 Å². The van der Waals surface area contributed by atoms with Crippen LogP contribution in [0.4, 0.5) is 0 Å². The number of hydrogen-bond donors (Lipinski definition) is 1. The van der Waals surface area contributed by atoms with Gasteiger partial charge in [0.2, 0.25) is 5.91 Å². The lowest BCUT2D eigenvalue weighted by Crippen LogP contribution is -2.51. The zero-order valence-corrected chi connectivity index (χ0v) is 11.3. The maximum absolute atomic E-state index is 12.5. The Kier molecular flexibility index (Phi) is 5.14. The summed E-state index contributed by atoms with van der Waals surface area (Å²) in [4.78, 5) is 14.2. The number of nitrogens with one attached hydrogen (secondary N) is 1. The Morgan fingerprint density at radius 1 is 1.53 bits per heavy atom. The fourth-order valence-corrected chi connectivity index (χ4v) is 2.49. The SMILES string of the molecule is CCCNC1COCC1C(=O)N1CCOC(C#N)C1. The Bertz CT molecular complexity index is 356. The molecule has 0 bridgehead atoms. The number of amides is 1. The molecule has 2 aliphatic rings. The van der Waals surface area contributed by atoms with E-state index in [1.807, 2.05) is 0 Å². The number of hydrogen-bond acceptors (Lipinski definition) is 5. The third-order valence-corrected chi connectivity index (χ3v) is 3.58. The summed E-state index contributed by atoms with van der Waals surface area (Å²) in [6, 6.07) is 2.16. The van der Waals surface area contributed by atoms with Crippen molar-refractivity contribution in [2.24, 2.45) is 5.92 Å². The second-order valence-corrected chi connectivity index (χ2v) is 4.98. The van der Waals surface area contributed by atoms with E-state index in [-0.39, 0.29) is 17.9 Å². The lowest BCUT2D eigenvalue weighted by Gasteiger charge is -2.32. The van der Waals surface area contributed by atoms with Gasteiger partial charge in [0.15, 0.2) is 6.10 Å². The van der Waals surface area contributed by atoms with E-state index in [0.717, 1.165) is 13.0 Å².